The Bertz CT molecular complexity index is 763. The topological polar surface area (TPSA) is 83.8 Å². The predicted molar refractivity (Wildman–Crippen MR) is 73.5 cm³/mol. The first kappa shape index (κ1) is 13.2. The molecule has 0 radical (unpaired) electrons. The molecule has 2 N–H and O–H groups in total. The minimum atomic E-state index is -0.785. The number of ether oxygens (including phenoxy) is 1. The van der Waals surface area contributed by atoms with E-state index in [9.17, 15) is 19.8 Å². The van der Waals surface area contributed by atoms with Crippen LogP contribution in [0.15, 0.2) is 36.4 Å². The molecular weight excluding hydrogens is 272 g/mol. The van der Waals surface area contributed by atoms with E-state index in [4.69, 9.17) is 4.74 Å². The molecular formula is C16H12O5. The number of aromatic hydroxyl groups is 2. The maximum atomic E-state index is 11.8. The van der Waals surface area contributed by atoms with Crippen molar-refractivity contribution in [1.82, 2.24) is 0 Å². The Balaban J connectivity index is 2.16. The Morgan fingerprint density at radius 1 is 1.10 bits per heavy atom. The van der Waals surface area contributed by atoms with Gasteiger partial charge in [-0.05, 0) is 19.1 Å². The van der Waals surface area contributed by atoms with Gasteiger partial charge in [-0.25, -0.2) is 4.79 Å². The normalized spacial score (nSPS) is 16.4. The second-order valence-electron chi connectivity index (χ2n) is 4.86. The van der Waals surface area contributed by atoms with Crippen LogP contribution in [0, 0.1) is 0 Å². The molecule has 1 aliphatic heterocycles. The van der Waals surface area contributed by atoms with Crippen LogP contribution in [0.3, 0.4) is 0 Å². The number of rotatable bonds is 2. The van der Waals surface area contributed by atoms with Crippen LogP contribution >= 0.6 is 0 Å². The average molecular weight is 284 g/mol. The fourth-order valence-corrected chi connectivity index (χ4v) is 2.46. The van der Waals surface area contributed by atoms with Crippen LogP contribution in [-0.4, -0.2) is 22.0 Å². The lowest BCUT2D eigenvalue weighted by atomic mass is 9.96. The van der Waals surface area contributed by atoms with Gasteiger partial charge in [-0.1, -0.05) is 18.2 Å². The summed E-state index contributed by atoms with van der Waals surface area (Å²) in [5, 5.41) is 19.7. The lowest BCUT2D eigenvalue weighted by Crippen LogP contribution is -2.03. The smallest absolute Gasteiger partial charge is 0.339 e. The number of Topliss-reactive ketones (excluding diaryl/α,β-unsaturated/α-hetero) is 1. The van der Waals surface area contributed by atoms with Crippen molar-refractivity contribution in [2.24, 2.45) is 0 Å². The van der Waals surface area contributed by atoms with Crippen molar-refractivity contribution in [3.8, 4) is 11.5 Å². The van der Waals surface area contributed by atoms with Crippen LogP contribution in [0.1, 0.15) is 44.9 Å². The first-order chi connectivity index (χ1) is 9.99. The van der Waals surface area contributed by atoms with Gasteiger partial charge < -0.3 is 14.9 Å². The van der Waals surface area contributed by atoms with Crippen molar-refractivity contribution < 1.29 is 24.5 Å². The minimum Gasteiger partial charge on any atom is -0.507 e. The molecule has 0 aromatic heterocycles. The Kier molecular flexibility index (Phi) is 2.90. The molecule has 2 aromatic carbocycles. The summed E-state index contributed by atoms with van der Waals surface area (Å²) < 4.78 is 5.28. The number of phenolic OH excluding ortho intramolecular Hbond substituents is 2. The van der Waals surface area contributed by atoms with Crippen molar-refractivity contribution in [3.63, 3.8) is 0 Å². The van der Waals surface area contributed by atoms with Gasteiger partial charge in [0.05, 0.1) is 11.1 Å². The molecule has 0 aliphatic carbocycles. The highest BCUT2D eigenvalue weighted by molar-refractivity contribution is 5.98. The summed E-state index contributed by atoms with van der Waals surface area (Å²) >= 11 is 0. The number of esters is 1. The lowest BCUT2D eigenvalue weighted by Gasteiger charge is -2.14. The number of fused-ring (bicyclic) bond motifs is 1. The van der Waals surface area contributed by atoms with Gasteiger partial charge in [0.1, 0.15) is 11.5 Å². The van der Waals surface area contributed by atoms with Crippen molar-refractivity contribution in [2.45, 2.75) is 13.0 Å². The summed E-state index contributed by atoms with van der Waals surface area (Å²) in [5.41, 5.74) is 1.40. The van der Waals surface area contributed by atoms with E-state index in [1.165, 1.54) is 13.0 Å². The Morgan fingerprint density at radius 3 is 2.52 bits per heavy atom. The first-order valence-electron chi connectivity index (χ1n) is 6.35. The quantitative estimate of drug-likeness (QED) is 0.654. The molecule has 5 heteroatoms. The molecule has 1 atom stereocenters. The fourth-order valence-electron chi connectivity index (χ4n) is 2.46. The number of hydrogen-bond donors (Lipinski definition) is 2. The molecule has 2 aromatic rings. The Morgan fingerprint density at radius 2 is 1.81 bits per heavy atom. The van der Waals surface area contributed by atoms with Gasteiger partial charge in [0.15, 0.2) is 11.9 Å². The third-order valence-corrected chi connectivity index (χ3v) is 3.49. The second-order valence-corrected chi connectivity index (χ2v) is 4.86. The van der Waals surface area contributed by atoms with Crippen LogP contribution in [-0.2, 0) is 4.74 Å². The lowest BCUT2D eigenvalue weighted by molar-refractivity contribution is 0.0453. The monoisotopic (exact) mass is 284 g/mol. The maximum Gasteiger partial charge on any atom is 0.339 e. The van der Waals surface area contributed by atoms with Gasteiger partial charge in [0.25, 0.3) is 0 Å². The zero-order valence-electron chi connectivity index (χ0n) is 11.2. The minimum absolute atomic E-state index is 0.0724. The van der Waals surface area contributed by atoms with E-state index in [1.807, 2.05) is 0 Å². The van der Waals surface area contributed by atoms with Crippen LogP contribution in [0.2, 0.25) is 0 Å². The molecule has 0 spiro atoms. The standard InChI is InChI=1S/C16H12O5/c1-8(17)11-6-12(14(19)7-13(11)18)15-9-4-2-3-5-10(9)16(20)21-15/h2-7,15,18-19H,1H3. The van der Waals surface area contributed by atoms with Crippen LogP contribution < -0.4 is 0 Å². The summed E-state index contributed by atoms with van der Waals surface area (Å²) in [4.78, 5) is 23.3. The number of ketones is 1. The summed E-state index contributed by atoms with van der Waals surface area (Å²) in [6.07, 6.45) is -0.785. The highest BCUT2D eigenvalue weighted by Gasteiger charge is 2.34. The molecule has 1 aliphatic rings. The predicted octanol–water partition coefficient (Wildman–Crippen LogP) is 2.56. The third kappa shape index (κ3) is 2.03. The number of phenols is 2. The Labute approximate surface area is 120 Å². The molecule has 1 heterocycles. The average Bonchev–Trinajstić information content (AvgIpc) is 2.76. The SMILES string of the molecule is CC(=O)c1cc(C2OC(=O)c3ccccc32)c(O)cc1O. The van der Waals surface area contributed by atoms with E-state index in [-0.39, 0.29) is 28.4 Å². The van der Waals surface area contributed by atoms with E-state index in [0.29, 0.717) is 11.1 Å². The number of benzene rings is 2. The molecule has 21 heavy (non-hydrogen) atoms. The molecule has 0 amide bonds. The second kappa shape index (κ2) is 4.63. The van der Waals surface area contributed by atoms with Gasteiger partial charge in [-0.15, -0.1) is 0 Å². The maximum absolute atomic E-state index is 11.8. The van der Waals surface area contributed by atoms with Gasteiger partial charge in [-0.2, -0.15) is 0 Å². The van der Waals surface area contributed by atoms with Crippen LogP contribution in [0.25, 0.3) is 0 Å². The van der Waals surface area contributed by atoms with Gasteiger partial charge in [0, 0.05) is 17.2 Å². The molecule has 0 saturated carbocycles. The Hall–Kier alpha value is -2.82. The van der Waals surface area contributed by atoms with Crippen molar-refractivity contribution in [3.05, 3.63) is 58.7 Å². The van der Waals surface area contributed by atoms with Gasteiger partial charge >= 0.3 is 5.97 Å². The van der Waals surface area contributed by atoms with Crippen LogP contribution in [0.5, 0.6) is 11.5 Å². The first-order valence-corrected chi connectivity index (χ1v) is 6.35. The van der Waals surface area contributed by atoms with E-state index in [1.54, 1.807) is 24.3 Å². The van der Waals surface area contributed by atoms with Crippen LogP contribution in [0.4, 0.5) is 0 Å². The summed E-state index contributed by atoms with van der Waals surface area (Å²) in [6.45, 7) is 1.31. The number of hydrogen-bond acceptors (Lipinski definition) is 5. The molecule has 0 saturated heterocycles. The number of carbonyl (C=O) groups excluding carboxylic acids is 2. The largest absolute Gasteiger partial charge is 0.507 e. The highest BCUT2D eigenvalue weighted by atomic mass is 16.5. The van der Waals surface area contributed by atoms with Crippen molar-refractivity contribution in [2.75, 3.05) is 0 Å². The van der Waals surface area contributed by atoms with E-state index >= 15 is 0 Å². The van der Waals surface area contributed by atoms with Crippen molar-refractivity contribution >= 4 is 11.8 Å². The molecule has 106 valence electrons. The van der Waals surface area contributed by atoms with Gasteiger partial charge in [0.2, 0.25) is 0 Å². The van der Waals surface area contributed by atoms with Gasteiger partial charge in [-0.3, -0.25) is 4.79 Å². The zero-order chi connectivity index (χ0) is 15.1. The fraction of sp³-hybridized carbons (Fsp3) is 0.125. The molecule has 5 nitrogen and oxygen atoms in total. The summed E-state index contributed by atoms with van der Waals surface area (Å²) in [6, 6.07) is 9.29. The van der Waals surface area contributed by atoms with Crippen molar-refractivity contribution in [1.29, 1.82) is 0 Å². The van der Waals surface area contributed by atoms with E-state index < -0.39 is 12.1 Å². The molecule has 0 bridgehead atoms. The highest BCUT2D eigenvalue weighted by Crippen LogP contribution is 2.41. The summed E-state index contributed by atoms with van der Waals surface area (Å²) in [5.74, 6) is -1.35. The number of cyclic esters (lactones) is 1. The van der Waals surface area contributed by atoms with E-state index in [0.717, 1.165) is 6.07 Å². The zero-order valence-corrected chi connectivity index (χ0v) is 11.2. The summed E-state index contributed by atoms with van der Waals surface area (Å²) in [7, 11) is 0. The molecule has 3 rings (SSSR count). The third-order valence-electron chi connectivity index (χ3n) is 3.49. The molecule has 1 unspecified atom stereocenters. The van der Waals surface area contributed by atoms with E-state index in [2.05, 4.69) is 0 Å². The molecule has 0 fully saturated rings. The number of carbonyl (C=O) groups is 2.